The number of fused-ring (bicyclic) bond motifs is 1. The van der Waals surface area contributed by atoms with Crippen LogP contribution >= 0.6 is 11.6 Å². The van der Waals surface area contributed by atoms with Gasteiger partial charge >= 0.3 is 5.69 Å². The summed E-state index contributed by atoms with van der Waals surface area (Å²) in [4.78, 5) is 44.0. The van der Waals surface area contributed by atoms with Crippen LogP contribution in [0.25, 0.3) is 11.2 Å². The van der Waals surface area contributed by atoms with Crippen LogP contribution in [0.2, 0.25) is 5.02 Å². The van der Waals surface area contributed by atoms with E-state index in [4.69, 9.17) is 16.3 Å². The summed E-state index contributed by atoms with van der Waals surface area (Å²) in [6, 6.07) is 7.26. The Morgan fingerprint density at radius 1 is 1.24 bits per heavy atom. The number of hydrogen-bond donors (Lipinski definition) is 0. The predicted octanol–water partition coefficient (Wildman–Crippen LogP) is 0.687. The molecule has 0 saturated carbocycles. The van der Waals surface area contributed by atoms with Crippen molar-refractivity contribution in [2.45, 2.75) is 12.6 Å². The smallest absolute Gasteiger partial charge is 0.332 e. The number of morpholine rings is 1. The van der Waals surface area contributed by atoms with Gasteiger partial charge in [0.2, 0.25) is 5.91 Å². The van der Waals surface area contributed by atoms with E-state index >= 15 is 0 Å². The lowest BCUT2D eigenvalue weighted by atomic mass is 10.1. The molecule has 1 aliphatic rings. The molecule has 0 bridgehead atoms. The number of aromatic nitrogens is 4. The Hall–Kier alpha value is -2.91. The predicted molar refractivity (Wildman–Crippen MR) is 107 cm³/mol. The number of rotatable bonds is 3. The van der Waals surface area contributed by atoms with Crippen LogP contribution in [0, 0.1) is 0 Å². The second-order valence-corrected chi connectivity index (χ2v) is 7.45. The van der Waals surface area contributed by atoms with Gasteiger partial charge in [-0.1, -0.05) is 23.7 Å². The lowest BCUT2D eigenvalue weighted by Crippen LogP contribution is -2.48. The zero-order valence-corrected chi connectivity index (χ0v) is 16.8. The molecule has 10 heteroatoms. The summed E-state index contributed by atoms with van der Waals surface area (Å²) in [6.45, 7) is 0.766. The molecule has 9 nitrogen and oxygen atoms in total. The first kappa shape index (κ1) is 19.4. The van der Waals surface area contributed by atoms with E-state index < -0.39 is 11.2 Å². The maximum atomic E-state index is 12.9. The average Bonchev–Trinajstić information content (AvgIpc) is 3.12. The number of carbonyl (C=O) groups excluding carboxylic acids is 1. The number of hydrogen-bond acceptors (Lipinski definition) is 5. The van der Waals surface area contributed by atoms with Gasteiger partial charge in [-0.05, 0) is 17.7 Å². The fourth-order valence-electron chi connectivity index (χ4n) is 3.53. The summed E-state index contributed by atoms with van der Waals surface area (Å²) in [5.41, 5.74) is 0.383. The maximum Gasteiger partial charge on any atom is 0.332 e. The number of halogens is 1. The van der Waals surface area contributed by atoms with Gasteiger partial charge in [0.05, 0.1) is 19.5 Å². The van der Waals surface area contributed by atoms with Gasteiger partial charge in [0.25, 0.3) is 5.56 Å². The quantitative estimate of drug-likeness (QED) is 0.625. The molecule has 29 heavy (non-hydrogen) atoms. The number of carbonyl (C=O) groups is 1. The summed E-state index contributed by atoms with van der Waals surface area (Å²) in [6.07, 6.45) is 1.18. The van der Waals surface area contributed by atoms with E-state index in [1.54, 1.807) is 28.6 Å². The normalized spacial score (nSPS) is 17.1. The maximum absolute atomic E-state index is 12.9. The monoisotopic (exact) mass is 417 g/mol. The van der Waals surface area contributed by atoms with E-state index in [0.29, 0.717) is 30.4 Å². The summed E-state index contributed by atoms with van der Waals surface area (Å²) < 4.78 is 9.56. The minimum atomic E-state index is -0.572. The van der Waals surface area contributed by atoms with E-state index in [1.165, 1.54) is 17.9 Å². The highest BCUT2D eigenvalue weighted by atomic mass is 35.5. The number of imidazole rings is 1. The van der Waals surface area contributed by atoms with Crippen LogP contribution in [0.3, 0.4) is 0 Å². The molecule has 2 aromatic heterocycles. The van der Waals surface area contributed by atoms with Crippen LogP contribution in [0.5, 0.6) is 0 Å². The Bertz CT molecular complexity index is 1190. The number of nitrogens with zero attached hydrogens (tertiary/aromatic N) is 5. The van der Waals surface area contributed by atoms with Gasteiger partial charge < -0.3 is 14.2 Å². The van der Waals surface area contributed by atoms with E-state index in [1.807, 2.05) is 12.1 Å². The van der Waals surface area contributed by atoms with E-state index in [-0.39, 0.29) is 24.1 Å². The Morgan fingerprint density at radius 2 is 1.97 bits per heavy atom. The molecule has 1 amide bonds. The van der Waals surface area contributed by atoms with Crippen LogP contribution in [-0.2, 0) is 30.2 Å². The highest BCUT2D eigenvalue weighted by Crippen LogP contribution is 2.23. The SMILES string of the molecule is Cn1cnc2c1c(=O)n(CC(=O)N1CCOC(c3ccc(Cl)cc3)C1)c(=O)n2C. The zero-order chi connectivity index (χ0) is 20.7. The molecule has 3 heterocycles. The van der Waals surface area contributed by atoms with Crippen molar-refractivity contribution in [1.82, 2.24) is 23.6 Å². The van der Waals surface area contributed by atoms with Gasteiger partial charge in [-0.2, -0.15) is 0 Å². The van der Waals surface area contributed by atoms with Gasteiger partial charge in [0.1, 0.15) is 12.6 Å². The van der Waals surface area contributed by atoms with E-state index in [9.17, 15) is 14.4 Å². The van der Waals surface area contributed by atoms with Crippen molar-refractivity contribution in [3.8, 4) is 0 Å². The lowest BCUT2D eigenvalue weighted by Gasteiger charge is -2.33. The fraction of sp³-hybridized carbons (Fsp3) is 0.368. The van der Waals surface area contributed by atoms with Crippen molar-refractivity contribution < 1.29 is 9.53 Å². The fourth-order valence-corrected chi connectivity index (χ4v) is 3.65. The first-order chi connectivity index (χ1) is 13.9. The van der Waals surface area contributed by atoms with Crippen LogP contribution in [0.1, 0.15) is 11.7 Å². The van der Waals surface area contributed by atoms with Crippen LogP contribution < -0.4 is 11.2 Å². The zero-order valence-electron chi connectivity index (χ0n) is 16.0. The number of aryl methyl sites for hydroxylation is 2. The second kappa shape index (κ2) is 7.49. The van der Waals surface area contributed by atoms with Gasteiger partial charge in [-0.3, -0.25) is 14.2 Å². The Kier molecular flexibility index (Phi) is 5.01. The van der Waals surface area contributed by atoms with Gasteiger partial charge in [0.15, 0.2) is 11.2 Å². The Labute approximate surface area is 170 Å². The minimum Gasteiger partial charge on any atom is -0.370 e. The van der Waals surface area contributed by atoms with Gasteiger partial charge in [-0.25, -0.2) is 14.3 Å². The lowest BCUT2D eigenvalue weighted by molar-refractivity contribution is -0.139. The molecule has 0 radical (unpaired) electrons. The third-order valence-corrected chi connectivity index (χ3v) is 5.41. The first-order valence-electron chi connectivity index (χ1n) is 9.12. The largest absolute Gasteiger partial charge is 0.370 e. The van der Waals surface area contributed by atoms with Crippen molar-refractivity contribution in [2.24, 2.45) is 14.1 Å². The molecule has 1 aliphatic heterocycles. The molecule has 1 aromatic carbocycles. The van der Waals surface area contributed by atoms with Crippen molar-refractivity contribution in [3.05, 3.63) is 62.0 Å². The molecule has 1 unspecified atom stereocenters. The molecule has 1 saturated heterocycles. The van der Waals surface area contributed by atoms with Crippen molar-refractivity contribution in [3.63, 3.8) is 0 Å². The molecule has 0 N–H and O–H groups in total. The van der Waals surface area contributed by atoms with Crippen LogP contribution in [0.15, 0.2) is 40.2 Å². The van der Waals surface area contributed by atoms with E-state index in [2.05, 4.69) is 4.98 Å². The summed E-state index contributed by atoms with van der Waals surface area (Å²) >= 11 is 5.93. The highest BCUT2D eigenvalue weighted by Gasteiger charge is 2.27. The van der Waals surface area contributed by atoms with Crippen molar-refractivity contribution >= 4 is 28.7 Å². The Balaban J connectivity index is 1.59. The summed E-state index contributed by atoms with van der Waals surface area (Å²) in [7, 11) is 3.20. The molecular formula is C19H20ClN5O4. The molecule has 3 aromatic rings. The van der Waals surface area contributed by atoms with Crippen molar-refractivity contribution in [1.29, 1.82) is 0 Å². The molecule has 0 spiro atoms. The van der Waals surface area contributed by atoms with E-state index in [0.717, 1.165) is 10.1 Å². The molecule has 1 atom stereocenters. The standard InChI is InChI=1S/C19H20ClN5O4/c1-22-11-21-17-16(22)18(27)25(19(28)23(17)2)10-15(26)24-7-8-29-14(9-24)12-3-5-13(20)6-4-12/h3-6,11,14H,7-10H2,1-2H3. The number of benzene rings is 1. The molecule has 4 rings (SSSR count). The van der Waals surface area contributed by atoms with Crippen molar-refractivity contribution in [2.75, 3.05) is 19.7 Å². The third-order valence-electron chi connectivity index (χ3n) is 5.16. The second-order valence-electron chi connectivity index (χ2n) is 7.01. The van der Waals surface area contributed by atoms with Gasteiger partial charge in [-0.15, -0.1) is 0 Å². The third kappa shape index (κ3) is 3.47. The molecule has 0 aliphatic carbocycles. The highest BCUT2D eigenvalue weighted by molar-refractivity contribution is 6.30. The topological polar surface area (TPSA) is 91.4 Å². The minimum absolute atomic E-state index is 0.279. The molecule has 1 fully saturated rings. The molecule has 152 valence electrons. The summed E-state index contributed by atoms with van der Waals surface area (Å²) in [5.74, 6) is -0.312. The molecular weight excluding hydrogens is 398 g/mol. The number of amides is 1. The first-order valence-corrected chi connectivity index (χ1v) is 9.50. The van der Waals surface area contributed by atoms with Gasteiger partial charge in [0, 0.05) is 25.7 Å². The van der Waals surface area contributed by atoms with Crippen LogP contribution in [-0.4, -0.2) is 49.2 Å². The average molecular weight is 418 g/mol. The van der Waals surface area contributed by atoms with Crippen LogP contribution in [0.4, 0.5) is 0 Å². The Morgan fingerprint density at radius 3 is 2.69 bits per heavy atom. The number of ether oxygens (including phenoxy) is 1. The summed E-state index contributed by atoms with van der Waals surface area (Å²) in [5, 5.41) is 0.623.